The summed E-state index contributed by atoms with van der Waals surface area (Å²) in [6.07, 6.45) is 0. The highest BCUT2D eigenvalue weighted by Crippen LogP contribution is 2.17. The van der Waals surface area contributed by atoms with Crippen molar-refractivity contribution in [1.29, 1.82) is 0 Å². The van der Waals surface area contributed by atoms with Crippen LogP contribution >= 0.6 is 0 Å². The Kier molecular flexibility index (Phi) is 11.1. The van der Waals surface area contributed by atoms with E-state index in [-0.39, 0.29) is 11.8 Å². The maximum atomic E-state index is 13.0. The molecule has 0 radical (unpaired) electrons. The van der Waals surface area contributed by atoms with Gasteiger partial charge in [-0.05, 0) is 83.9 Å². The van der Waals surface area contributed by atoms with Crippen LogP contribution in [0.15, 0.2) is 143 Å². The molecule has 0 aliphatic heterocycles. The molecule has 0 aliphatic rings. The van der Waals surface area contributed by atoms with Crippen molar-refractivity contribution in [3.8, 4) is 0 Å². The molecule has 0 heterocycles. The molecule has 5 rings (SSSR count). The summed E-state index contributed by atoms with van der Waals surface area (Å²) in [5.41, 5.74) is 6.52. The minimum absolute atomic E-state index is 0.263. The van der Waals surface area contributed by atoms with Gasteiger partial charge in [0.2, 0.25) is 0 Å². The zero-order valence-corrected chi connectivity index (χ0v) is 27.7. The van der Waals surface area contributed by atoms with Crippen LogP contribution in [-0.4, -0.2) is 61.5 Å². The molecule has 8 nitrogen and oxygen atoms in total. The van der Waals surface area contributed by atoms with Gasteiger partial charge >= 0.3 is 0 Å². The minimum atomic E-state index is -0.263. The molecule has 2 N–H and O–H groups in total. The van der Waals surface area contributed by atoms with E-state index in [1.54, 1.807) is 38.4 Å². The smallest absolute Gasteiger partial charge is 0.255 e. The molecule has 0 aliphatic carbocycles. The zero-order chi connectivity index (χ0) is 33.9. The third-order valence-corrected chi connectivity index (χ3v) is 7.88. The Labute approximate surface area is 282 Å². The summed E-state index contributed by atoms with van der Waals surface area (Å²) >= 11 is 0. The van der Waals surface area contributed by atoms with Gasteiger partial charge < -0.3 is 20.4 Å². The van der Waals surface area contributed by atoms with Crippen molar-refractivity contribution >= 4 is 34.9 Å². The molecule has 5 aromatic rings. The number of anilines is 2. The number of carbonyl (C=O) groups is 2. The van der Waals surface area contributed by atoms with E-state index >= 15 is 0 Å². The summed E-state index contributed by atoms with van der Waals surface area (Å²) < 4.78 is 0. The van der Waals surface area contributed by atoms with Gasteiger partial charge in [-0.15, -0.1) is 0 Å². The van der Waals surface area contributed by atoms with Crippen molar-refractivity contribution in [2.45, 2.75) is 13.1 Å². The van der Waals surface area contributed by atoms with Gasteiger partial charge in [-0.2, -0.15) is 0 Å². The number of aliphatic imine (C=N–C) groups is 2. The van der Waals surface area contributed by atoms with Crippen molar-refractivity contribution in [3.63, 3.8) is 0 Å². The summed E-state index contributed by atoms with van der Waals surface area (Å²) in [5.74, 6) is 1.18. The molecule has 0 atom stereocenters. The van der Waals surface area contributed by atoms with Crippen LogP contribution in [0.5, 0.6) is 0 Å². The zero-order valence-electron chi connectivity index (χ0n) is 27.7. The fraction of sp³-hybridized carbons (Fsp3) is 0.150. The highest BCUT2D eigenvalue weighted by molar-refractivity contribution is 6.07. The lowest BCUT2D eigenvalue weighted by molar-refractivity contribution is 0.101. The summed E-state index contributed by atoms with van der Waals surface area (Å²) in [6, 6.07) is 42.3. The molecule has 5 aromatic carbocycles. The first-order valence-corrected chi connectivity index (χ1v) is 15.7. The summed E-state index contributed by atoms with van der Waals surface area (Å²) in [7, 11) is 7.57. The van der Waals surface area contributed by atoms with E-state index < -0.39 is 0 Å². The monoisotopic (exact) mass is 636 g/mol. The molecule has 8 heteroatoms. The summed E-state index contributed by atoms with van der Waals surface area (Å²) in [6.45, 7) is 1.46. The average Bonchev–Trinajstić information content (AvgIpc) is 3.11. The highest BCUT2D eigenvalue weighted by atomic mass is 16.2. The molecular weight excluding hydrogens is 596 g/mol. The van der Waals surface area contributed by atoms with E-state index in [0.29, 0.717) is 22.5 Å². The molecule has 0 saturated heterocycles. The second kappa shape index (κ2) is 16.0. The maximum Gasteiger partial charge on any atom is 0.255 e. The van der Waals surface area contributed by atoms with Crippen LogP contribution in [0.4, 0.5) is 11.4 Å². The van der Waals surface area contributed by atoms with Crippen molar-refractivity contribution in [2.24, 2.45) is 9.98 Å². The van der Waals surface area contributed by atoms with Crippen LogP contribution in [0.2, 0.25) is 0 Å². The molecule has 0 spiro atoms. The number of carbonyl (C=O) groups excluding carboxylic acids is 2. The first kappa shape index (κ1) is 33.3. The normalized spacial score (nSPS) is 11.5. The van der Waals surface area contributed by atoms with Crippen molar-refractivity contribution < 1.29 is 9.59 Å². The van der Waals surface area contributed by atoms with Gasteiger partial charge in [0.25, 0.3) is 11.8 Å². The number of hydrogen-bond donors (Lipinski definition) is 2. The van der Waals surface area contributed by atoms with E-state index in [1.165, 1.54) is 11.1 Å². The van der Waals surface area contributed by atoms with Crippen molar-refractivity contribution in [1.82, 2.24) is 9.80 Å². The highest BCUT2D eigenvalue weighted by Gasteiger charge is 2.14. The van der Waals surface area contributed by atoms with Gasteiger partial charge in [0.1, 0.15) is 11.7 Å². The Morgan fingerprint density at radius 2 is 0.792 bits per heavy atom. The lowest BCUT2D eigenvalue weighted by Gasteiger charge is -2.21. The lowest BCUT2D eigenvalue weighted by Crippen LogP contribution is -2.27. The maximum absolute atomic E-state index is 13.0. The van der Waals surface area contributed by atoms with Gasteiger partial charge in [-0.25, -0.2) is 0 Å². The second-order valence-electron chi connectivity index (χ2n) is 11.4. The molecular formula is C40H40N6O2. The summed E-state index contributed by atoms with van der Waals surface area (Å²) in [5, 5.41) is 5.87. The van der Waals surface area contributed by atoms with Crippen LogP contribution in [0.3, 0.4) is 0 Å². The predicted molar refractivity (Wildman–Crippen MR) is 196 cm³/mol. The number of nitrogens with zero attached hydrogens (tertiary/aromatic N) is 4. The van der Waals surface area contributed by atoms with Crippen LogP contribution in [0.25, 0.3) is 0 Å². The Bertz CT molecular complexity index is 1730. The second-order valence-corrected chi connectivity index (χ2v) is 11.4. The Hall–Kier alpha value is -6.02. The molecule has 48 heavy (non-hydrogen) atoms. The van der Waals surface area contributed by atoms with Gasteiger partial charge in [0.15, 0.2) is 0 Å². The van der Waals surface area contributed by atoms with Crippen LogP contribution in [0.1, 0.15) is 43.0 Å². The quantitative estimate of drug-likeness (QED) is 0.125. The third-order valence-electron chi connectivity index (χ3n) is 7.88. The predicted octanol–water partition coefficient (Wildman–Crippen LogP) is 7.21. The number of amidine groups is 2. The van der Waals surface area contributed by atoms with E-state index in [1.807, 2.05) is 99.0 Å². The van der Waals surface area contributed by atoms with Gasteiger partial charge in [0, 0.05) is 74.9 Å². The Morgan fingerprint density at radius 1 is 0.479 bits per heavy atom. The number of amides is 2. The fourth-order valence-electron chi connectivity index (χ4n) is 5.49. The van der Waals surface area contributed by atoms with Gasteiger partial charge in [-0.3, -0.25) is 19.6 Å². The largest absolute Gasteiger partial charge is 0.355 e. The molecule has 2 amide bonds. The Morgan fingerprint density at radius 3 is 1.10 bits per heavy atom. The molecule has 0 saturated carbocycles. The first-order valence-electron chi connectivity index (χ1n) is 15.7. The third kappa shape index (κ3) is 8.61. The molecule has 0 fully saturated rings. The average molecular weight is 637 g/mol. The van der Waals surface area contributed by atoms with E-state index in [0.717, 1.165) is 35.9 Å². The number of benzene rings is 5. The van der Waals surface area contributed by atoms with Crippen LogP contribution < -0.4 is 10.6 Å². The van der Waals surface area contributed by atoms with Crippen LogP contribution in [-0.2, 0) is 13.1 Å². The van der Waals surface area contributed by atoms with Crippen molar-refractivity contribution in [2.75, 3.05) is 38.8 Å². The molecule has 0 bridgehead atoms. The molecule has 0 unspecified atom stereocenters. The number of nitrogens with one attached hydrogen (secondary N) is 2. The SMILES string of the molecule is CN=C(c1ccc(NC(=O)c2ccc(C(=O)Nc3ccc(C(=NC)N(C)Cc4ccccc4)cc3)cc2)cc1)N(C)Cc1ccccc1. The van der Waals surface area contributed by atoms with E-state index in [2.05, 4.69) is 54.7 Å². The Balaban J connectivity index is 1.15. The van der Waals surface area contributed by atoms with E-state index in [4.69, 9.17) is 0 Å². The molecule has 0 aromatic heterocycles. The fourth-order valence-corrected chi connectivity index (χ4v) is 5.49. The van der Waals surface area contributed by atoms with Crippen molar-refractivity contribution in [3.05, 3.63) is 167 Å². The number of rotatable bonds is 10. The van der Waals surface area contributed by atoms with Gasteiger partial charge in [-0.1, -0.05) is 60.7 Å². The molecule has 242 valence electrons. The first-order chi connectivity index (χ1) is 23.3. The van der Waals surface area contributed by atoms with Crippen LogP contribution in [0, 0.1) is 0 Å². The standard InChI is InChI=1S/C40H40N6O2/c1-41-37(45(3)27-29-11-7-5-8-12-29)31-19-23-35(24-20-31)43-39(47)33-15-17-34(18-16-33)40(48)44-36-25-21-32(22-26-36)38(42-2)46(4)28-30-13-9-6-10-14-30/h5-26H,27-28H2,1-4H3,(H,43,47)(H,44,48). The van der Waals surface area contributed by atoms with E-state index in [9.17, 15) is 9.59 Å². The minimum Gasteiger partial charge on any atom is -0.355 e. The topological polar surface area (TPSA) is 89.4 Å². The summed E-state index contributed by atoms with van der Waals surface area (Å²) in [4.78, 5) is 39.1. The lowest BCUT2D eigenvalue weighted by atomic mass is 10.1. The van der Waals surface area contributed by atoms with Gasteiger partial charge in [0.05, 0.1) is 0 Å². The number of hydrogen-bond acceptors (Lipinski definition) is 4.